The van der Waals surface area contributed by atoms with Gasteiger partial charge >= 0.3 is 5.97 Å². The zero-order valence-corrected chi connectivity index (χ0v) is 10.4. The first-order valence-electron chi connectivity index (χ1n) is 5.61. The molecule has 0 aromatic rings. The van der Waals surface area contributed by atoms with E-state index in [2.05, 4.69) is 13.2 Å². The van der Waals surface area contributed by atoms with Crippen molar-refractivity contribution in [2.24, 2.45) is 5.92 Å². The van der Waals surface area contributed by atoms with E-state index in [9.17, 15) is 9.90 Å². The van der Waals surface area contributed by atoms with Gasteiger partial charge in [0.2, 0.25) is 0 Å². The monoisotopic (exact) mass is 226 g/mol. The third-order valence-corrected chi connectivity index (χ3v) is 2.43. The third kappa shape index (κ3) is 3.49. The molecule has 3 nitrogen and oxygen atoms in total. The molecule has 2 atom stereocenters. The molecule has 0 aliphatic rings. The molecule has 0 saturated carbocycles. The van der Waals surface area contributed by atoms with E-state index in [1.807, 2.05) is 6.92 Å². The Kier molecular flexibility index (Phi) is 6.04. The van der Waals surface area contributed by atoms with E-state index >= 15 is 0 Å². The molecule has 0 radical (unpaired) electrons. The fourth-order valence-corrected chi connectivity index (χ4v) is 1.52. The predicted octanol–water partition coefficient (Wildman–Crippen LogP) is 2.46. The molecule has 3 heteroatoms. The first kappa shape index (κ1) is 14.9. The van der Waals surface area contributed by atoms with E-state index in [1.165, 1.54) is 6.08 Å². The van der Waals surface area contributed by atoms with E-state index in [0.717, 1.165) is 6.42 Å². The highest BCUT2D eigenvalue weighted by atomic mass is 16.6. The van der Waals surface area contributed by atoms with Gasteiger partial charge in [-0.15, -0.1) is 6.58 Å². The average Bonchev–Trinajstić information content (AvgIpc) is 2.23. The lowest BCUT2D eigenvalue weighted by Crippen LogP contribution is -2.45. The van der Waals surface area contributed by atoms with Crippen LogP contribution in [0.1, 0.15) is 33.6 Å². The Labute approximate surface area is 97.8 Å². The van der Waals surface area contributed by atoms with E-state index in [-0.39, 0.29) is 12.0 Å². The Bertz CT molecular complexity index is 258. The molecular formula is C13H22O3. The molecule has 0 aliphatic carbocycles. The van der Waals surface area contributed by atoms with Crippen molar-refractivity contribution in [1.29, 1.82) is 0 Å². The second kappa shape index (κ2) is 6.48. The molecule has 0 rings (SSSR count). The Balaban J connectivity index is 4.92. The number of carbonyl (C=O) groups is 1. The van der Waals surface area contributed by atoms with Gasteiger partial charge < -0.3 is 9.84 Å². The quantitative estimate of drug-likeness (QED) is 0.536. The van der Waals surface area contributed by atoms with Crippen LogP contribution in [0, 0.1) is 5.92 Å². The molecule has 0 aliphatic heterocycles. The fraction of sp³-hybridized carbons (Fsp3) is 0.615. The van der Waals surface area contributed by atoms with Crippen LogP contribution in [0.5, 0.6) is 0 Å². The second-order valence-corrected chi connectivity index (χ2v) is 4.11. The van der Waals surface area contributed by atoms with Crippen LogP contribution in [0.2, 0.25) is 0 Å². The lowest BCUT2D eigenvalue weighted by molar-refractivity contribution is -0.168. The van der Waals surface area contributed by atoms with Crippen LogP contribution in [0.25, 0.3) is 0 Å². The van der Waals surface area contributed by atoms with Crippen molar-refractivity contribution in [2.45, 2.75) is 45.3 Å². The Morgan fingerprint density at radius 2 is 2.06 bits per heavy atom. The van der Waals surface area contributed by atoms with Crippen molar-refractivity contribution < 1.29 is 14.6 Å². The van der Waals surface area contributed by atoms with Crippen LogP contribution in [0.15, 0.2) is 25.3 Å². The summed E-state index contributed by atoms with van der Waals surface area (Å²) in [6, 6.07) is 0. The molecule has 0 amide bonds. The number of hydrogen-bond acceptors (Lipinski definition) is 3. The van der Waals surface area contributed by atoms with E-state index in [0.29, 0.717) is 6.42 Å². The van der Waals surface area contributed by atoms with Gasteiger partial charge in [0.15, 0.2) is 5.60 Å². The topological polar surface area (TPSA) is 46.5 Å². The predicted molar refractivity (Wildman–Crippen MR) is 65.0 cm³/mol. The van der Waals surface area contributed by atoms with Gasteiger partial charge in [-0.2, -0.15) is 0 Å². The molecule has 0 fully saturated rings. The molecule has 0 aromatic carbocycles. The number of esters is 1. The third-order valence-electron chi connectivity index (χ3n) is 2.43. The first-order valence-corrected chi connectivity index (χ1v) is 5.61. The summed E-state index contributed by atoms with van der Waals surface area (Å²) in [5.74, 6) is -1.02. The van der Waals surface area contributed by atoms with Crippen LogP contribution in [0.4, 0.5) is 0 Å². The van der Waals surface area contributed by atoms with Gasteiger partial charge in [-0.3, -0.25) is 0 Å². The van der Waals surface area contributed by atoms with Gasteiger partial charge in [0.1, 0.15) is 0 Å². The maximum atomic E-state index is 11.8. The van der Waals surface area contributed by atoms with Crippen LogP contribution < -0.4 is 0 Å². The van der Waals surface area contributed by atoms with Gasteiger partial charge in [0.05, 0.1) is 6.10 Å². The van der Waals surface area contributed by atoms with Gasteiger partial charge in [-0.25, -0.2) is 4.79 Å². The van der Waals surface area contributed by atoms with E-state index < -0.39 is 11.6 Å². The summed E-state index contributed by atoms with van der Waals surface area (Å²) in [7, 11) is 0. The van der Waals surface area contributed by atoms with Gasteiger partial charge in [-0.1, -0.05) is 26.0 Å². The molecule has 0 bridgehead atoms. The van der Waals surface area contributed by atoms with E-state index in [1.54, 1.807) is 19.9 Å². The number of carbonyl (C=O) groups excluding carboxylic acids is 1. The number of rotatable bonds is 7. The maximum Gasteiger partial charge on any atom is 0.343 e. The summed E-state index contributed by atoms with van der Waals surface area (Å²) in [5, 5.41) is 10.3. The normalized spacial score (nSPS) is 16.3. The summed E-state index contributed by atoms with van der Waals surface area (Å²) >= 11 is 0. The minimum absolute atomic E-state index is 0.258. The minimum atomic E-state index is -1.66. The number of hydrogen-bond donors (Lipinski definition) is 1. The number of ether oxygens (including phenoxy) is 1. The van der Waals surface area contributed by atoms with Crippen molar-refractivity contribution in [3.05, 3.63) is 25.3 Å². The molecule has 92 valence electrons. The molecule has 2 unspecified atom stereocenters. The van der Waals surface area contributed by atoms with Crippen molar-refractivity contribution in [2.75, 3.05) is 0 Å². The standard InChI is InChI=1S/C13H22O3/c1-6-9-11(7-2)13(15,8-3)12(14)16-10(4)5/h7-8,10-11,15H,2-3,6,9H2,1,4-5H3. The summed E-state index contributed by atoms with van der Waals surface area (Å²) in [6.07, 6.45) is 4.07. The molecule has 0 heterocycles. The first-order chi connectivity index (χ1) is 7.42. The molecule has 0 spiro atoms. The zero-order valence-electron chi connectivity index (χ0n) is 10.4. The molecule has 0 saturated heterocycles. The Morgan fingerprint density at radius 3 is 2.38 bits per heavy atom. The minimum Gasteiger partial charge on any atom is -0.461 e. The Morgan fingerprint density at radius 1 is 1.50 bits per heavy atom. The average molecular weight is 226 g/mol. The molecule has 1 N–H and O–H groups in total. The van der Waals surface area contributed by atoms with Crippen LogP contribution in [-0.4, -0.2) is 22.8 Å². The molecule has 0 aromatic heterocycles. The highest BCUT2D eigenvalue weighted by molar-refractivity contribution is 5.82. The maximum absolute atomic E-state index is 11.8. The van der Waals surface area contributed by atoms with Crippen molar-refractivity contribution in [3.63, 3.8) is 0 Å². The van der Waals surface area contributed by atoms with Gasteiger partial charge in [-0.05, 0) is 26.3 Å². The SMILES string of the molecule is C=CC(CCC)C(O)(C=C)C(=O)OC(C)C. The van der Waals surface area contributed by atoms with Gasteiger partial charge in [0.25, 0.3) is 0 Å². The second-order valence-electron chi connectivity index (χ2n) is 4.11. The zero-order chi connectivity index (χ0) is 12.8. The smallest absolute Gasteiger partial charge is 0.343 e. The van der Waals surface area contributed by atoms with Crippen molar-refractivity contribution >= 4 is 5.97 Å². The highest BCUT2D eigenvalue weighted by Crippen LogP contribution is 2.26. The number of aliphatic hydroxyl groups is 1. The van der Waals surface area contributed by atoms with E-state index in [4.69, 9.17) is 4.74 Å². The summed E-state index contributed by atoms with van der Waals surface area (Å²) < 4.78 is 5.03. The lowest BCUT2D eigenvalue weighted by Gasteiger charge is -2.29. The van der Waals surface area contributed by atoms with Crippen LogP contribution >= 0.6 is 0 Å². The largest absolute Gasteiger partial charge is 0.461 e. The molecule has 16 heavy (non-hydrogen) atoms. The van der Waals surface area contributed by atoms with Gasteiger partial charge in [0, 0.05) is 5.92 Å². The van der Waals surface area contributed by atoms with Crippen molar-refractivity contribution in [3.8, 4) is 0 Å². The van der Waals surface area contributed by atoms with Crippen molar-refractivity contribution in [1.82, 2.24) is 0 Å². The fourth-order valence-electron chi connectivity index (χ4n) is 1.52. The Hall–Kier alpha value is -1.09. The highest BCUT2D eigenvalue weighted by Gasteiger charge is 2.41. The summed E-state index contributed by atoms with van der Waals surface area (Å²) in [5.41, 5.74) is -1.66. The van der Waals surface area contributed by atoms with Crippen LogP contribution in [0.3, 0.4) is 0 Å². The molecular weight excluding hydrogens is 204 g/mol. The summed E-state index contributed by atoms with van der Waals surface area (Å²) in [6.45, 7) is 12.6. The lowest BCUT2D eigenvalue weighted by atomic mass is 9.84. The van der Waals surface area contributed by atoms with Crippen LogP contribution in [-0.2, 0) is 9.53 Å². The summed E-state index contributed by atoms with van der Waals surface area (Å²) in [4.78, 5) is 11.8.